The van der Waals surface area contributed by atoms with Crippen molar-refractivity contribution in [3.8, 4) is 0 Å². The molecular weight excluding hydrogens is 242 g/mol. The summed E-state index contributed by atoms with van der Waals surface area (Å²) in [7, 11) is 0. The Hall–Kier alpha value is -0.740. The van der Waals surface area contributed by atoms with Gasteiger partial charge in [-0.25, -0.2) is 4.99 Å². The van der Waals surface area contributed by atoms with Crippen molar-refractivity contribution in [2.75, 3.05) is 5.32 Å². The van der Waals surface area contributed by atoms with Crippen molar-refractivity contribution >= 4 is 34.6 Å². The second-order valence-electron chi connectivity index (χ2n) is 4.34. The summed E-state index contributed by atoms with van der Waals surface area (Å²) in [6.45, 7) is 0. The lowest BCUT2D eigenvalue weighted by Gasteiger charge is -2.23. The molecule has 86 valence electrons. The van der Waals surface area contributed by atoms with Gasteiger partial charge in [-0.15, -0.1) is 11.3 Å². The van der Waals surface area contributed by atoms with Crippen molar-refractivity contribution in [3.63, 3.8) is 0 Å². The maximum atomic E-state index is 6.04. The van der Waals surface area contributed by atoms with Crippen LogP contribution in [0.15, 0.2) is 15.8 Å². The van der Waals surface area contributed by atoms with E-state index in [0.29, 0.717) is 12.1 Å². The molecule has 3 rings (SSSR count). The van der Waals surface area contributed by atoms with Crippen LogP contribution in [0.5, 0.6) is 0 Å². The third-order valence-corrected chi connectivity index (χ3v) is 4.40. The van der Waals surface area contributed by atoms with Gasteiger partial charge < -0.3 is 10.6 Å². The topological polar surface area (TPSA) is 36.4 Å². The van der Waals surface area contributed by atoms with Gasteiger partial charge in [-0.1, -0.05) is 24.4 Å². The van der Waals surface area contributed by atoms with Crippen LogP contribution in [-0.4, -0.2) is 18.0 Å². The number of aliphatic imine (C=N–C) groups is 1. The van der Waals surface area contributed by atoms with Crippen molar-refractivity contribution in [2.24, 2.45) is 4.99 Å². The zero-order valence-electron chi connectivity index (χ0n) is 8.87. The zero-order valence-corrected chi connectivity index (χ0v) is 10.4. The normalized spacial score (nSPS) is 28.2. The lowest BCUT2D eigenvalue weighted by Crippen LogP contribution is -2.38. The van der Waals surface area contributed by atoms with Crippen LogP contribution in [0.2, 0.25) is 5.02 Å². The van der Waals surface area contributed by atoms with E-state index in [1.807, 2.05) is 10.8 Å². The van der Waals surface area contributed by atoms with Crippen LogP contribution < -0.4 is 10.6 Å². The SMILES string of the molecule is Clc1cscc1NC1=NC2CCCC[C@H]2N1. The van der Waals surface area contributed by atoms with Gasteiger partial charge in [-0.2, -0.15) is 0 Å². The summed E-state index contributed by atoms with van der Waals surface area (Å²) in [6.07, 6.45) is 5.06. The maximum Gasteiger partial charge on any atom is 0.196 e. The molecule has 0 spiro atoms. The summed E-state index contributed by atoms with van der Waals surface area (Å²) in [4.78, 5) is 4.67. The monoisotopic (exact) mass is 255 g/mol. The number of hydrogen-bond donors (Lipinski definition) is 2. The highest BCUT2D eigenvalue weighted by Gasteiger charge is 2.30. The molecule has 1 unspecified atom stereocenters. The van der Waals surface area contributed by atoms with Gasteiger partial charge in [-0.3, -0.25) is 0 Å². The Morgan fingerprint density at radius 2 is 2.25 bits per heavy atom. The Labute approximate surface area is 104 Å². The van der Waals surface area contributed by atoms with Gasteiger partial charge >= 0.3 is 0 Å². The fraction of sp³-hybridized carbons (Fsp3) is 0.545. The van der Waals surface area contributed by atoms with E-state index >= 15 is 0 Å². The minimum atomic E-state index is 0.466. The van der Waals surface area contributed by atoms with Crippen LogP contribution in [0.4, 0.5) is 5.69 Å². The van der Waals surface area contributed by atoms with Gasteiger partial charge in [0.2, 0.25) is 0 Å². The predicted octanol–water partition coefficient (Wildman–Crippen LogP) is 3.08. The quantitative estimate of drug-likeness (QED) is 0.809. The zero-order chi connectivity index (χ0) is 11.0. The molecule has 1 aromatic heterocycles. The number of anilines is 1. The van der Waals surface area contributed by atoms with E-state index in [2.05, 4.69) is 15.6 Å². The van der Waals surface area contributed by atoms with E-state index in [4.69, 9.17) is 11.6 Å². The number of hydrogen-bond acceptors (Lipinski definition) is 4. The summed E-state index contributed by atoms with van der Waals surface area (Å²) in [5.74, 6) is 0.886. The van der Waals surface area contributed by atoms with Gasteiger partial charge in [-0.05, 0) is 12.8 Å². The minimum absolute atomic E-state index is 0.466. The van der Waals surface area contributed by atoms with Crippen LogP contribution in [0.3, 0.4) is 0 Å². The lowest BCUT2D eigenvalue weighted by molar-refractivity contribution is 0.384. The Bertz CT molecular complexity index is 415. The Morgan fingerprint density at radius 1 is 1.38 bits per heavy atom. The van der Waals surface area contributed by atoms with Crippen LogP contribution in [0.25, 0.3) is 0 Å². The molecule has 1 aliphatic carbocycles. The first-order valence-electron chi connectivity index (χ1n) is 5.66. The second kappa shape index (κ2) is 4.26. The van der Waals surface area contributed by atoms with Crippen LogP contribution in [0.1, 0.15) is 25.7 Å². The number of nitrogens with one attached hydrogen (secondary N) is 2. The third-order valence-electron chi connectivity index (χ3n) is 3.21. The largest absolute Gasteiger partial charge is 0.351 e. The van der Waals surface area contributed by atoms with Gasteiger partial charge in [0.1, 0.15) is 0 Å². The first kappa shape index (κ1) is 10.4. The van der Waals surface area contributed by atoms with Crippen molar-refractivity contribution in [1.29, 1.82) is 0 Å². The molecule has 1 saturated carbocycles. The minimum Gasteiger partial charge on any atom is -0.351 e. The highest BCUT2D eigenvalue weighted by molar-refractivity contribution is 7.09. The summed E-state index contributed by atoms with van der Waals surface area (Å²) < 4.78 is 0. The molecule has 5 heteroatoms. The molecular formula is C11H14ClN3S. The fourth-order valence-corrected chi connectivity index (χ4v) is 3.34. The summed E-state index contributed by atoms with van der Waals surface area (Å²) in [5.41, 5.74) is 0.955. The molecule has 0 bridgehead atoms. The number of guanidine groups is 1. The van der Waals surface area contributed by atoms with Crippen LogP contribution in [-0.2, 0) is 0 Å². The standard InChI is InChI=1S/C11H14ClN3S/c12-7-5-16-6-10(7)15-11-13-8-3-1-2-4-9(8)14-11/h5-6,8-9H,1-4H2,(H2,13,14,15)/t8-,9?/m1/s1. The van der Waals surface area contributed by atoms with E-state index in [1.165, 1.54) is 25.7 Å². The number of fused-ring (bicyclic) bond motifs is 1. The Kier molecular flexibility index (Phi) is 2.77. The molecule has 2 N–H and O–H groups in total. The average molecular weight is 256 g/mol. The molecule has 1 fully saturated rings. The highest BCUT2D eigenvalue weighted by Crippen LogP contribution is 2.28. The molecule has 2 heterocycles. The van der Waals surface area contributed by atoms with Gasteiger partial charge in [0.15, 0.2) is 5.96 Å². The molecule has 0 amide bonds. The van der Waals surface area contributed by atoms with Crippen molar-refractivity contribution in [1.82, 2.24) is 5.32 Å². The van der Waals surface area contributed by atoms with Gasteiger partial charge in [0.05, 0.1) is 22.8 Å². The average Bonchev–Trinajstić information content (AvgIpc) is 2.85. The predicted molar refractivity (Wildman–Crippen MR) is 69.6 cm³/mol. The molecule has 0 saturated heterocycles. The van der Waals surface area contributed by atoms with E-state index < -0.39 is 0 Å². The van der Waals surface area contributed by atoms with E-state index in [0.717, 1.165) is 16.7 Å². The molecule has 2 aliphatic rings. The van der Waals surface area contributed by atoms with Gasteiger partial charge in [0.25, 0.3) is 0 Å². The van der Waals surface area contributed by atoms with Crippen molar-refractivity contribution < 1.29 is 0 Å². The fourth-order valence-electron chi connectivity index (χ4n) is 2.38. The highest BCUT2D eigenvalue weighted by atomic mass is 35.5. The molecule has 16 heavy (non-hydrogen) atoms. The number of nitrogens with zero attached hydrogens (tertiary/aromatic N) is 1. The molecule has 3 nitrogen and oxygen atoms in total. The molecule has 1 aliphatic heterocycles. The van der Waals surface area contributed by atoms with Gasteiger partial charge in [0, 0.05) is 10.8 Å². The van der Waals surface area contributed by atoms with E-state index in [9.17, 15) is 0 Å². The maximum absolute atomic E-state index is 6.04. The number of halogens is 1. The summed E-state index contributed by atoms with van der Waals surface area (Å²) in [5, 5.41) is 11.4. The smallest absolute Gasteiger partial charge is 0.196 e. The Balaban J connectivity index is 1.71. The van der Waals surface area contributed by atoms with Crippen LogP contribution >= 0.6 is 22.9 Å². The first-order chi connectivity index (χ1) is 7.83. The molecule has 1 aromatic rings. The van der Waals surface area contributed by atoms with E-state index in [-0.39, 0.29) is 0 Å². The van der Waals surface area contributed by atoms with Crippen LogP contribution in [0, 0.1) is 0 Å². The Morgan fingerprint density at radius 3 is 3.00 bits per heavy atom. The molecule has 2 atom stereocenters. The van der Waals surface area contributed by atoms with Crippen molar-refractivity contribution in [2.45, 2.75) is 37.8 Å². The second-order valence-corrected chi connectivity index (χ2v) is 5.49. The number of rotatable bonds is 1. The summed E-state index contributed by atoms with van der Waals surface area (Å²) in [6, 6.07) is 1.00. The summed E-state index contributed by atoms with van der Waals surface area (Å²) >= 11 is 7.63. The molecule has 0 aromatic carbocycles. The molecule has 0 radical (unpaired) electrons. The third kappa shape index (κ3) is 1.92. The van der Waals surface area contributed by atoms with Crippen molar-refractivity contribution in [3.05, 3.63) is 15.8 Å². The van der Waals surface area contributed by atoms with E-state index in [1.54, 1.807) is 11.3 Å². The number of thiophene rings is 1. The lowest BCUT2D eigenvalue weighted by atomic mass is 9.92. The first-order valence-corrected chi connectivity index (χ1v) is 6.98.